The van der Waals surface area contributed by atoms with Crippen LogP contribution in [0.25, 0.3) is 0 Å². The van der Waals surface area contributed by atoms with E-state index in [2.05, 4.69) is 28.8 Å². The molecule has 0 saturated heterocycles. The molecule has 2 aromatic rings. The van der Waals surface area contributed by atoms with Gasteiger partial charge < -0.3 is 9.72 Å². The normalized spacial score (nSPS) is 12.3. The summed E-state index contributed by atoms with van der Waals surface area (Å²) in [5.74, 6) is -0.589. The Hall–Kier alpha value is -2.02. The maximum Gasteiger partial charge on any atom is 0.319 e. The molecule has 1 N–H and O–H groups in total. The highest BCUT2D eigenvalue weighted by Gasteiger charge is 2.15. The molecule has 1 atom stereocenters. The third-order valence-corrected chi connectivity index (χ3v) is 6.32. The molecule has 1 heterocycles. The summed E-state index contributed by atoms with van der Waals surface area (Å²) in [6, 6.07) is 8.12. The average molecular weight is 337 g/mol. The molecule has 1 aromatic heterocycles. The number of hydrogen-bond donors (Lipinski definition) is 1. The molecule has 0 aliphatic rings. The van der Waals surface area contributed by atoms with E-state index in [0.29, 0.717) is 0 Å². The summed E-state index contributed by atoms with van der Waals surface area (Å²) < 4.78 is 32.4. The van der Waals surface area contributed by atoms with Gasteiger partial charge in [0.05, 0.1) is 6.20 Å². The van der Waals surface area contributed by atoms with Crippen LogP contribution in [0.4, 0.5) is 14.6 Å². The SMILES string of the molecule is CC[SiH](CC)Nc1nc(OC(C)c2ccc(F)cc2)ncc1F. The molecule has 7 heteroatoms. The van der Waals surface area contributed by atoms with Crippen LogP contribution >= 0.6 is 0 Å². The summed E-state index contributed by atoms with van der Waals surface area (Å²) in [5, 5.41) is 0. The van der Waals surface area contributed by atoms with E-state index in [1.807, 2.05) is 6.92 Å². The Morgan fingerprint density at radius 3 is 2.43 bits per heavy atom. The largest absolute Gasteiger partial charge is 0.456 e. The summed E-state index contributed by atoms with van der Waals surface area (Å²) in [6.45, 7) is 5.98. The highest BCUT2D eigenvalue weighted by molar-refractivity contribution is 6.62. The predicted octanol–water partition coefficient (Wildman–Crippen LogP) is 4.07. The van der Waals surface area contributed by atoms with Gasteiger partial charge in [-0.3, -0.25) is 0 Å². The van der Waals surface area contributed by atoms with Gasteiger partial charge in [-0.1, -0.05) is 26.0 Å². The van der Waals surface area contributed by atoms with E-state index in [-0.39, 0.29) is 23.7 Å². The highest BCUT2D eigenvalue weighted by Crippen LogP contribution is 2.21. The van der Waals surface area contributed by atoms with Gasteiger partial charge in [0.2, 0.25) is 0 Å². The zero-order valence-electron chi connectivity index (χ0n) is 13.5. The second kappa shape index (κ2) is 8.01. The summed E-state index contributed by atoms with van der Waals surface area (Å²) in [5.41, 5.74) is 0.795. The van der Waals surface area contributed by atoms with Crippen molar-refractivity contribution in [3.63, 3.8) is 0 Å². The fourth-order valence-corrected chi connectivity index (χ4v) is 3.73. The first kappa shape index (κ1) is 17.3. The number of halogens is 2. The Bertz CT molecular complexity index is 636. The van der Waals surface area contributed by atoms with Crippen molar-refractivity contribution in [2.45, 2.75) is 39.0 Å². The van der Waals surface area contributed by atoms with Crippen molar-refractivity contribution in [2.75, 3.05) is 4.98 Å². The van der Waals surface area contributed by atoms with E-state index in [4.69, 9.17) is 4.74 Å². The number of nitrogens with one attached hydrogen (secondary N) is 1. The molecule has 1 aromatic carbocycles. The summed E-state index contributed by atoms with van der Waals surface area (Å²) in [6.07, 6.45) is 0.748. The molecular weight excluding hydrogens is 316 g/mol. The smallest absolute Gasteiger partial charge is 0.319 e. The van der Waals surface area contributed by atoms with Crippen molar-refractivity contribution in [3.8, 4) is 6.01 Å². The van der Waals surface area contributed by atoms with Gasteiger partial charge >= 0.3 is 6.01 Å². The number of nitrogens with zero attached hydrogens (tertiary/aromatic N) is 2. The van der Waals surface area contributed by atoms with E-state index in [9.17, 15) is 8.78 Å². The van der Waals surface area contributed by atoms with Crippen molar-refractivity contribution < 1.29 is 13.5 Å². The van der Waals surface area contributed by atoms with Gasteiger partial charge in [-0.25, -0.2) is 13.8 Å². The lowest BCUT2D eigenvalue weighted by atomic mass is 10.1. The molecular formula is C16H21F2N3OSi. The Morgan fingerprint density at radius 2 is 1.83 bits per heavy atom. The summed E-state index contributed by atoms with van der Waals surface area (Å²) in [4.78, 5) is 11.2. The number of aromatic nitrogens is 2. The van der Waals surface area contributed by atoms with E-state index in [1.54, 1.807) is 12.1 Å². The number of anilines is 1. The monoisotopic (exact) mass is 337 g/mol. The van der Waals surface area contributed by atoms with E-state index in [1.165, 1.54) is 12.1 Å². The van der Waals surface area contributed by atoms with Crippen LogP contribution in [0.5, 0.6) is 6.01 Å². The highest BCUT2D eigenvalue weighted by atomic mass is 28.3. The van der Waals surface area contributed by atoms with Crippen molar-refractivity contribution in [1.82, 2.24) is 9.97 Å². The quantitative estimate of drug-likeness (QED) is 0.774. The van der Waals surface area contributed by atoms with Crippen LogP contribution in [-0.4, -0.2) is 18.9 Å². The first-order valence-corrected chi connectivity index (χ1v) is 9.95. The van der Waals surface area contributed by atoms with Crippen LogP contribution in [0.15, 0.2) is 30.5 Å². The van der Waals surface area contributed by atoms with Crippen molar-refractivity contribution in [3.05, 3.63) is 47.7 Å². The molecule has 0 spiro atoms. The second-order valence-electron chi connectivity index (χ2n) is 5.32. The van der Waals surface area contributed by atoms with Crippen LogP contribution in [0.1, 0.15) is 32.4 Å². The minimum absolute atomic E-state index is 0.102. The lowest BCUT2D eigenvalue weighted by Gasteiger charge is -2.17. The van der Waals surface area contributed by atoms with Gasteiger partial charge in [0, 0.05) is 0 Å². The van der Waals surface area contributed by atoms with Crippen molar-refractivity contribution in [1.29, 1.82) is 0 Å². The molecule has 0 aliphatic heterocycles. The zero-order chi connectivity index (χ0) is 16.8. The Balaban J connectivity index is 2.12. The maximum absolute atomic E-state index is 13.8. The van der Waals surface area contributed by atoms with Crippen LogP contribution in [-0.2, 0) is 0 Å². The second-order valence-corrected chi connectivity index (χ2v) is 8.63. The van der Waals surface area contributed by atoms with Crippen LogP contribution < -0.4 is 9.72 Å². The third-order valence-electron chi connectivity index (χ3n) is 3.67. The van der Waals surface area contributed by atoms with Gasteiger partial charge in [-0.15, -0.1) is 0 Å². The number of rotatable bonds is 7. The Morgan fingerprint density at radius 1 is 1.17 bits per heavy atom. The Labute approximate surface area is 136 Å². The topological polar surface area (TPSA) is 47.0 Å². The van der Waals surface area contributed by atoms with Gasteiger partial charge in [0.1, 0.15) is 20.9 Å². The molecule has 4 nitrogen and oxygen atoms in total. The molecule has 2 rings (SSSR count). The molecule has 1 unspecified atom stereocenters. The fourth-order valence-electron chi connectivity index (χ4n) is 2.16. The lowest BCUT2D eigenvalue weighted by Crippen LogP contribution is -2.24. The molecule has 0 saturated carbocycles. The Kier molecular flexibility index (Phi) is 6.03. The summed E-state index contributed by atoms with van der Waals surface area (Å²) in [7, 11) is -1.25. The van der Waals surface area contributed by atoms with Crippen LogP contribution in [0.2, 0.25) is 12.1 Å². The molecule has 0 bridgehead atoms. The predicted molar refractivity (Wildman–Crippen MR) is 89.2 cm³/mol. The van der Waals surface area contributed by atoms with Crippen molar-refractivity contribution in [2.24, 2.45) is 0 Å². The van der Waals surface area contributed by atoms with Gasteiger partial charge in [-0.2, -0.15) is 4.98 Å². The standard InChI is InChI=1S/C16H21F2N3OSi/c1-4-23(5-2)21-15-14(18)10-19-16(20-15)22-11(3)12-6-8-13(17)9-7-12/h6-11,23H,4-5H2,1-3H3,(H,19,20,21). The fraction of sp³-hybridized carbons (Fsp3) is 0.375. The van der Waals surface area contributed by atoms with Crippen LogP contribution in [0, 0.1) is 11.6 Å². The molecule has 0 fully saturated rings. The van der Waals surface area contributed by atoms with Gasteiger partial charge in [0.15, 0.2) is 11.6 Å². The minimum atomic E-state index is -1.25. The first-order chi connectivity index (χ1) is 11.0. The molecule has 0 radical (unpaired) electrons. The maximum atomic E-state index is 13.8. The third kappa shape index (κ3) is 4.72. The molecule has 124 valence electrons. The van der Waals surface area contributed by atoms with E-state index < -0.39 is 14.8 Å². The number of benzene rings is 1. The van der Waals surface area contributed by atoms with Crippen molar-refractivity contribution >= 4 is 14.8 Å². The first-order valence-electron chi connectivity index (χ1n) is 7.74. The summed E-state index contributed by atoms with van der Waals surface area (Å²) >= 11 is 0. The van der Waals surface area contributed by atoms with Gasteiger partial charge in [-0.05, 0) is 36.7 Å². The number of hydrogen-bond acceptors (Lipinski definition) is 4. The molecule has 0 amide bonds. The molecule has 0 aliphatic carbocycles. The van der Waals surface area contributed by atoms with Crippen LogP contribution in [0.3, 0.4) is 0 Å². The molecule has 23 heavy (non-hydrogen) atoms. The van der Waals surface area contributed by atoms with E-state index >= 15 is 0 Å². The van der Waals surface area contributed by atoms with Gasteiger partial charge in [0.25, 0.3) is 0 Å². The minimum Gasteiger partial charge on any atom is -0.456 e. The van der Waals surface area contributed by atoms with E-state index in [0.717, 1.165) is 23.8 Å². The lowest BCUT2D eigenvalue weighted by molar-refractivity contribution is 0.207. The average Bonchev–Trinajstić information content (AvgIpc) is 2.55. The number of ether oxygens (including phenoxy) is 1. The zero-order valence-corrected chi connectivity index (χ0v) is 14.7.